The highest BCUT2D eigenvalue weighted by atomic mass is 127. The van der Waals surface area contributed by atoms with E-state index in [1.807, 2.05) is 10.9 Å². The maximum atomic E-state index is 4.94. The Morgan fingerprint density at radius 3 is 3.00 bits per heavy atom. The summed E-state index contributed by atoms with van der Waals surface area (Å²) in [5.41, 5.74) is 0. The van der Waals surface area contributed by atoms with E-state index >= 15 is 0 Å². The molecule has 0 atom stereocenters. The minimum Gasteiger partial charge on any atom is -0.383 e. The van der Waals surface area contributed by atoms with Gasteiger partial charge in [0.15, 0.2) is 0 Å². The van der Waals surface area contributed by atoms with Gasteiger partial charge in [0.2, 0.25) is 0 Å². The van der Waals surface area contributed by atoms with E-state index in [9.17, 15) is 0 Å². The summed E-state index contributed by atoms with van der Waals surface area (Å²) >= 11 is 2.27. The van der Waals surface area contributed by atoms with E-state index in [4.69, 9.17) is 4.74 Å². The fraction of sp³-hybridized carbons (Fsp3) is 0.700. The van der Waals surface area contributed by atoms with Gasteiger partial charge in [0.25, 0.3) is 0 Å². The molecule has 0 bridgehead atoms. The Bertz CT molecular complexity index is 265. The smallest absolute Gasteiger partial charge is 0.0623 e. The number of aromatic nitrogens is 2. The lowest BCUT2D eigenvalue weighted by atomic mass is 10.3. The molecule has 0 saturated carbocycles. The van der Waals surface area contributed by atoms with Crippen LogP contribution in [0.2, 0.25) is 0 Å². The van der Waals surface area contributed by atoms with Gasteiger partial charge in [-0.1, -0.05) is 0 Å². The van der Waals surface area contributed by atoms with Crippen molar-refractivity contribution in [3.63, 3.8) is 0 Å². The van der Waals surface area contributed by atoms with E-state index in [-0.39, 0.29) is 0 Å². The number of ether oxygens (including phenoxy) is 1. The Morgan fingerprint density at radius 2 is 2.33 bits per heavy atom. The molecule has 0 spiro atoms. The maximum Gasteiger partial charge on any atom is 0.0623 e. The average molecular weight is 323 g/mol. The summed E-state index contributed by atoms with van der Waals surface area (Å²) in [6, 6.07) is 0. The molecule has 0 radical (unpaired) electrons. The third-order valence-corrected chi connectivity index (χ3v) is 2.63. The summed E-state index contributed by atoms with van der Waals surface area (Å²) in [6.07, 6.45) is 6.30. The Balaban J connectivity index is 1.93. The molecule has 0 aliphatic rings. The molecule has 0 saturated heterocycles. The molecule has 1 rings (SSSR count). The first-order valence-electron chi connectivity index (χ1n) is 5.20. The number of nitrogens with zero attached hydrogens (tertiary/aromatic N) is 2. The highest BCUT2D eigenvalue weighted by Gasteiger charge is 1.94. The summed E-state index contributed by atoms with van der Waals surface area (Å²) in [4.78, 5) is 0. The largest absolute Gasteiger partial charge is 0.383 e. The first kappa shape index (κ1) is 12.9. The van der Waals surface area contributed by atoms with Crippen LogP contribution in [0.25, 0.3) is 0 Å². The molecule has 0 aliphatic heterocycles. The van der Waals surface area contributed by atoms with Crippen molar-refractivity contribution in [1.29, 1.82) is 0 Å². The van der Waals surface area contributed by atoms with Gasteiger partial charge < -0.3 is 10.1 Å². The molecular formula is C10H18IN3O. The van der Waals surface area contributed by atoms with E-state index in [0.717, 1.165) is 32.7 Å². The molecule has 4 nitrogen and oxygen atoms in total. The lowest BCUT2D eigenvalue weighted by molar-refractivity contribution is 0.199. The van der Waals surface area contributed by atoms with Gasteiger partial charge >= 0.3 is 0 Å². The normalized spacial score (nSPS) is 10.8. The highest BCUT2D eigenvalue weighted by Crippen LogP contribution is 2.02. The third kappa shape index (κ3) is 6.11. The minimum absolute atomic E-state index is 0.789. The Labute approximate surface area is 105 Å². The van der Waals surface area contributed by atoms with Gasteiger partial charge in [-0.05, 0) is 42.0 Å². The van der Waals surface area contributed by atoms with Crippen LogP contribution in [0.1, 0.15) is 12.8 Å². The average Bonchev–Trinajstić information content (AvgIpc) is 2.63. The molecule has 15 heavy (non-hydrogen) atoms. The van der Waals surface area contributed by atoms with Crippen LogP contribution in [0.15, 0.2) is 12.4 Å². The van der Waals surface area contributed by atoms with Gasteiger partial charge in [-0.2, -0.15) is 5.10 Å². The molecule has 0 unspecified atom stereocenters. The molecule has 0 aliphatic carbocycles. The number of halogens is 1. The second-order valence-electron chi connectivity index (χ2n) is 3.37. The van der Waals surface area contributed by atoms with Crippen molar-refractivity contribution >= 4 is 22.6 Å². The number of unbranched alkanes of at least 4 members (excludes halogenated alkanes) is 1. The van der Waals surface area contributed by atoms with Crippen molar-refractivity contribution in [3.8, 4) is 0 Å². The van der Waals surface area contributed by atoms with Crippen LogP contribution in [0.3, 0.4) is 0 Å². The molecule has 0 fully saturated rings. The van der Waals surface area contributed by atoms with Gasteiger partial charge in [0, 0.05) is 26.4 Å². The standard InChI is InChI=1S/C10H18IN3O/c1-15-7-5-12-4-2-3-6-14-9-10(11)8-13-14/h8-9,12H,2-7H2,1H3. The number of rotatable bonds is 8. The molecule has 1 aromatic heterocycles. The van der Waals surface area contributed by atoms with Crippen LogP contribution in [0, 0.1) is 3.57 Å². The quantitative estimate of drug-likeness (QED) is 0.582. The molecule has 86 valence electrons. The van der Waals surface area contributed by atoms with Crippen LogP contribution in [-0.4, -0.2) is 36.6 Å². The number of methoxy groups -OCH3 is 1. The second-order valence-corrected chi connectivity index (χ2v) is 4.62. The number of hydrogen-bond donors (Lipinski definition) is 1. The van der Waals surface area contributed by atoms with Crippen molar-refractivity contribution in [1.82, 2.24) is 15.1 Å². The van der Waals surface area contributed by atoms with E-state index in [1.54, 1.807) is 7.11 Å². The third-order valence-electron chi connectivity index (χ3n) is 2.08. The molecule has 1 heterocycles. The zero-order valence-electron chi connectivity index (χ0n) is 9.08. The minimum atomic E-state index is 0.789. The lowest BCUT2D eigenvalue weighted by Crippen LogP contribution is -2.20. The van der Waals surface area contributed by atoms with Crippen LogP contribution in [-0.2, 0) is 11.3 Å². The monoisotopic (exact) mass is 323 g/mol. The first-order chi connectivity index (χ1) is 7.33. The Kier molecular flexibility index (Phi) is 6.95. The summed E-state index contributed by atoms with van der Waals surface area (Å²) in [5, 5.41) is 7.55. The number of aryl methyl sites for hydroxylation is 1. The fourth-order valence-electron chi connectivity index (χ4n) is 1.28. The van der Waals surface area contributed by atoms with Crippen LogP contribution in [0.5, 0.6) is 0 Å². The maximum absolute atomic E-state index is 4.94. The summed E-state index contributed by atoms with van der Waals surface area (Å²) in [6.45, 7) is 3.80. The van der Waals surface area contributed by atoms with Crippen molar-refractivity contribution in [3.05, 3.63) is 16.0 Å². The van der Waals surface area contributed by atoms with Crippen molar-refractivity contribution in [2.45, 2.75) is 19.4 Å². The zero-order valence-corrected chi connectivity index (χ0v) is 11.2. The van der Waals surface area contributed by atoms with Gasteiger partial charge in [0.1, 0.15) is 0 Å². The lowest BCUT2D eigenvalue weighted by Gasteiger charge is -2.04. The Hall–Kier alpha value is -0.140. The van der Waals surface area contributed by atoms with Crippen LogP contribution in [0.4, 0.5) is 0 Å². The van der Waals surface area contributed by atoms with Gasteiger partial charge in [0.05, 0.1) is 16.4 Å². The predicted molar refractivity (Wildman–Crippen MR) is 68.9 cm³/mol. The highest BCUT2D eigenvalue weighted by molar-refractivity contribution is 14.1. The van der Waals surface area contributed by atoms with Crippen LogP contribution >= 0.6 is 22.6 Å². The van der Waals surface area contributed by atoms with E-state index in [2.05, 4.69) is 39.2 Å². The fourth-order valence-corrected chi connectivity index (χ4v) is 1.73. The van der Waals surface area contributed by atoms with Gasteiger partial charge in [-0.15, -0.1) is 0 Å². The zero-order chi connectivity index (χ0) is 10.9. The first-order valence-corrected chi connectivity index (χ1v) is 6.28. The van der Waals surface area contributed by atoms with E-state index < -0.39 is 0 Å². The van der Waals surface area contributed by atoms with Gasteiger partial charge in [-0.3, -0.25) is 4.68 Å². The molecule has 5 heteroatoms. The molecule has 0 aromatic carbocycles. The SMILES string of the molecule is COCCNCCCCn1cc(I)cn1. The van der Waals surface area contributed by atoms with E-state index in [1.165, 1.54) is 9.99 Å². The number of nitrogens with one attached hydrogen (secondary N) is 1. The van der Waals surface area contributed by atoms with Crippen molar-refractivity contribution in [2.24, 2.45) is 0 Å². The molecule has 1 N–H and O–H groups in total. The summed E-state index contributed by atoms with van der Waals surface area (Å²) < 4.78 is 8.14. The van der Waals surface area contributed by atoms with Crippen molar-refractivity contribution < 1.29 is 4.74 Å². The topological polar surface area (TPSA) is 39.1 Å². The summed E-state index contributed by atoms with van der Waals surface area (Å²) in [5.74, 6) is 0. The predicted octanol–water partition coefficient (Wildman–Crippen LogP) is 1.50. The molecule has 0 amide bonds. The van der Waals surface area contributed by atoms with Crippen molar-refractivity contribution in [2.75, 3.05) is 26.8 Å². The molecular weight excluding hydrogens is 305 g/mol. The summed E-state index contributed by atoms with van der Waals surface area (Å²) in [7, 11) is 1.72. The molecule has 1 aromatic rings. The Morgan fingerprint density at radius 1 is 1.47 bits per heavy atom. The van der Waals surface area contributed by atoms with E-state index in [0.29, 0.717) is 0 Å². The van der Waals surface area contributed by atoms with Gasteiger partial charge in [-0.25, -0.2) is 0 Å². The number of hydrogen-bond acceptors (Lipinski definition) is 3. The van der Waals surface area contributed by atoms with Crippen LogP contribution < -0.4 is 5.32 Å². The second kappa shape index (κ2) is 8.06.